The molecule has 0 radical (unpaired) electrons. The Morgan fingerprint density at radius 2 is 2.29 bits per heavy atom. The summed E-state index contributed by atoms with van der Waals surface area (Å²) in [6, 6.07) is 0.367. The number of allylic oxidation sites excluding steroid dienone is 2. The number of fused-ring (bicyclic) bond motifs is 1. The van der Waals surface area contributed by atoms with Gasteiger partial charge in [-0.3, -0.25) is 15.4 Å². The molecule has 2 rings (SSSR count). The number of carboxylic acid groups (broad SMARTS) is 1. The Labute approximate surface area is 82.7 Å². The van der Waals surface area contributed by atoms with Crippen molar-refractivity contribution in [2.75, 3.05) is 6.54 Å². The molecule has 76 valence electrons. The van der Waals surface area contributed by atoms with Gasteiger partial charge >= 0.3 is 5.97 Å². The summed E-state index contributed by atoms with van der Waals surface area (Å²) in [5.41, 5.74) is 0. The lowest BCUT2D eigenvalue weighted by atomic mass is 9.96. The predicted molar refractivity (Wildman–Crippen MR) is 52.7 cm³/mol. The second-order valence-corrected chi connectivity index (χ2v) is 3.69. The topological polar surface area (TPSA) is 61.4 Å². The van der Waals surface area contributed by atoms with Crippen molar-refractivity contribution in [2.24, 2.45) is 5.92 Å². The molecule has 0 spiro atoms. The first-order valence-electron chi connectivity index (χ1n) is 4.82. The van der Waals surface area contributed by atoms with E-state index in [1.54, 1.807) is 0 Å². The third-order valence-corrected chi connectivity index (χ3v) is 2.65. The van der Waals surface area contributed by atoms with Crippen LogP contribution in [0.1, 0.15) is 6.42 Å². The Bertz CT molecular complexity index is 266. The molecule has 1 heterocycles. The lowest BCUT2D eigenvalue weighted by Gasteiger charge is -2.14. The lowest BCUT2D eigenvalue weighted by molar-refractivity contribution is -0.136. The van der Waals surface area contributed by atoms with Crippen LogP contribution in [-0.2, 0) is 4.79 Å². The molecule has 1 aliphatic heterocycles. The van der Waals surface area contributed by atoms with E-state index in [2.05, 4.69) is 22.8 Å². The number of rotatable bonds is 3. The molecule has 0 aromatic rings. The van der Waals surface area contributed by atoms with Crippen molar-refractivity contribution in [1.82, 2.24) is 10.6 Å². The van der Waals surface area contributed by atoms with Crippen molar-refractivity contribution in [1.29, 1.82) is 0 Å². The SMILES string of the molecule is O=C(O)CNC1CC2C=CC=CC2N1. The van der Waals surface area contributed by atoms with Crippen LogP contribution >= 0.6 is 0 Å². The van der Waals surface area contributed by atoms with Crippen LogP contribution in [0, 0.1) is 5.92 Å². The van der Waals surface area contributed by atoms with Gasteiger partial charge in [-0.1, -0.05) is 24.3 Å². The Morgan fingerprint density at radius 3 is 3.00 bits per heavy atom. The Hall–Kier alpha value is -1.13. The van der Waals surface area contributed by atoms with Gasteiger partial charge in [-0.25, -0.2) is 0 Å². The summed E-state index contributed by atoms with van der Waals surface area (Å²) in [6.07, 6.45) is 9.43. The van der Waals surface area contributed by atoms with Crippen molar-refractivity contribution < 1.29 is 9.90 Å². The van der Waals surface area contributed by atoms with Crippen LogP contribution in [0.25, 0.3) is 0 Å². The standard InChI is InChI=1S/C10H14N2O2/c13-10(14)6-11-9-5-7-3-1-2-4-8(7)12-9/h1-4,7-9,11-12H,5-6H2,(H,13,14). The molecule has 0 bridgehead atoms. The fraction of sp³-hybridized carbons (Fsp3) is 0.500. The van der Waals surface area contributed by atoms with Crippen LogP contribution in [-0.4, -0.2) is 29.8 Å². The molecule has 4 heteroatoms. The average Bonchev–Trinajstić information content (AvgIpc) is 2.57. The van der Waals surface area contributed by atoms with Gasteiger partial charge in [0.25, 0.3) is 0 Å². The third kappa shape index (κ3) is 2.02. The number of nitrogens with one attached hydrogen (secondary N) is 2. The highest BCUT2D eigenvalue weighted by molar-refractivity contribution is 5.69. The van der Waals surface area contributed by atoms with Crippen molar-refractivity contribution in [3.8, 4) is 0 Å². The van der Waals surface area contributed by atoms with Gasteiger partial charge in [0, 0.05) is 6.04 Å². The second kappa shape index (κ2) is 3.94. The maximum atomic E-state index is 10.4. The van der Waals surface area contributed by atoms with Crippen LogP contribution in [0.4, 0.5) is 0 Å². The molecule has 14 heavy (non-hydrogen) atoms. The van der Waals surface area contributed by atoms with Crippen molar-refractivity contribution in [2.45, 2.75) is 18.6 Å². The van der Waals surface area contributed by atoms with Crippen LogP contribution < -0.4 is 10.6 Å². The highest BCUT2D eigenvalue weighted by Crippen LogP contribution is 2.24. The Balaban J connectivity index is 1.85. The second-order valence-electron chi connectivity index (χ2n) is 3.69. The first-order valence-corrected chi connectivity index (χ1v) is 4.82. The number of carboxylic acids is 1. The van der Waals surface area contributed by atoms with E-state index < -0.39 is 5.97 Å². The fourth-order valence-corrected chi connectivity index (χ4v) is 1.98. The minimum absolute atomic E-state index is 0.0184. The molecule has 0 saturated carbocycles. The highest BCUT2D eigenvalue weighted by Gasteiger charge is 2.30. The summed E-state index contributed by atoms with van der Waals surface area (Å²) in [5.74, 6) is -0.306. The monoisotopic (exact) mass is 194 g/mol. The average molecular weight is 194 g/mol. The summed E-state index contributed by atoms with van der Waals surface area (Å²) in [7, 11) is 0. The Morgan fingerprint density at radius 1 is 1.50 bits per heavy atom. The fourth-order valence-electron chi connectivity index (χ4n) is 1.98. The maximum Gasteiger partial charge on any atom is 0.317 e. The van der Waals surface area contributed by atoms with Gasteiger partial charge in [-0.2, -0.15) is 0 Å². The largest absolute Gasteiger partial charge is 0.480 e. The molecule has 1 saturated heterocycles. The van der Waals surface area contributed by atoms with Gasteiger partial charge in [0.15, 0.2) is 0 Å². The van der Waals surface area contributed by atoms with Crippen molar-refractivity contribution in [3.05, 3.63) is 24.3 Å². The third-order valence-electron chi connectivity index (χ3n) is 2.65. The van der Waals surface area contributed by atoms with E-state index in [0.29, 0.717) is 12.0 Å². The summed E-state index contributed by atoms with van der Waals surface area (Å²) in [6.45, 7) is 0.0184. The smallest absolute Gasteiger partial charge is 0.317 e. The summed E-state index contributed by atoms with van der Waals surface area (Å²) < 4.78 is 0. The van der Waals surface area contributed by atoms with E-state index in [1.807, 2.05) is 12.2 Å². The normalized spacial score (nSPS) is 34.4. The Kier molecular flexibility index (Phi) is 2.65. The van der Waals surface area contributed by atoms with Gasteiger partial charge in [0.05, 0.1) is 12.7 Å². The number of carbonyl (C=O) groups is 1. The first-order chi connectivity index (χ1) is 6.75. The quantitative estimate of drug-likeness (QED) is 0.596. The van der Waals surface area contributed by atoms with Crippen LogP contribution in [0.3, 0.4) is 0 Å². The van der Waals surface area contributed by atoms with E-state index in [0.717, 1.165) is 6.42 Å². The zero-order chi connectivity index (χ0) is 9.97. The molecule has 3 atom stereocenters. The van der Waals surface area contributed by atoms with Crippen molar-refractivity contribution >= 4 is 5.97 Å². The van der Waals surface area contributed by atoms with Crippen LogP contribution in [0.2, 0.25) is 0 Å². The number of hydrogen-bond acceptors (Lipinski definition) is 3. The van der Waals surface area contributed by atoms with Crippen LogP contribution in [0.15, 0.2) is 24.3 Å². The number of hydrogen-bond donors (Lipinski definition) is 3. The molecule has 1 aliphatic carbocycles. The van der Waals surface area contributed by atoms with Crippen LogP contribution in [0.5, 0.6) is 0 Å². The summed E-state index contributed by atoms with van der Waals surface area (Å²) >= 11 is 0. The minimum Gasteiger partial charge on any atom is -0.480 e. The molecular formula is C10H14N2O2. The maximum absolute atomic E-state index is 10.4. The van der Waals surface area contributed by atoms with E-state index in [1.165, 1.54) is 0 Å². The number of aliphatic carboxylic acids is 1. The molecule has 3 unspecified atom stereocenters. The summed E-state index contributed by atoms with van der Waals surface area (Å²) in [5, 5.41) is 14.8. The van der Waals surface area contributed by atoms with Gasteiger partial charge < -0.3 is 5.11 Å². The molecular weight excluding hydrogens is 180 g/mol. The minimum atomic E-state index is -0.812. The van der Waals surface area contributed by atoms with E-state index in [-0.39, 0.29) is 12.7 Å². The van der Waals surface area contributed by atoms with E-state index >= 15 is 0 Å². The zero-order valence-electron chi connectivity index (χ0n) is 7.81. The van der Waals surface area contributed by atoms with Gasteiger partial charge in [0.1, 0.15) is 0 Å². The molecule has 4 nitrogen and oxygen atoms in total. The highest BCUT2D eigenvalue weighted by atomic mass is 16.4. The lowest BCUT2D eigenvalue weighted by Crippen LogP contribution is -2.42. The molecule has 2 aliphatic rings. The van der Waals surface area contributed by atoms with Crippen molar-refractivity contribution in [3.63, 3.8) is 0 Å². The van der Waals surface area contributed by atoms with E-state index in [4.69, 9.17) is 5.11 Å². The van der Waals surface area contributed by atoms with Gasteiger partial charge in [0.2, 0.25) is 0 Å². The molecule has 0 aromatic carbocycles. The van der Waals surface area contributed by atoms with Gasteiger partial charge in [-0.05, 0) is 12.3 Å². The predicted octanol–water partition coefficient (Wildman–Crippen LogP) is 0.0908. The van der Waals surface area contributed by atoms with E-state index in [9.17, 15) is 4.79 Å². The molecule has 0 amide bonds. The first kappa shape index (κ1) is 9.43. The molecule has 0 aromatic heterocycles. The zero-order valence-corrected chi connectivity index (χ0v) is 7.81. The van der Waals surface area contributed by atoms with Gasteiger partial charge in [-0.15, -0.1) is 0 Å². The molecule has 3 N–H and O–H groups in total. The molecule has 1 fully saturated rings. The summed E-state index contributed by atoms with van der Waals surface area (Å²) in [4.78, 5) is 10.4.